The number of rotatable bonds is 7. The highest BCUT2D eigenvalue weighted by Crippen LogP contribution is 2.30. The smallest absolute Gasteiger partial charge is 0.223 e. The third kappa shape index (κ3) is 4.92. The zero-order chi connectivity index (χ0) is 17.6. The molecule has 8 heteroatoms. The van der Waals surface area contributed by atoms with Gasteiger partial charge in [-0.25, -0.2) is 9.97 Å². The van der Waals surface area contributed by atoms with E-state index < -0.39 is 0 Å². The molecule has 144 valence electrons. The number of hydrogen-bond donors (Lipinski definition) is 4. The van der Waals surface area contributed by atoms with Crippen LogP contribution in [0.4, 0.5) is 11.8 Å². The summed E-state index contributed by atoms with van der Waals surface area (Å²) in [7, 11) is 0. The molecule has 0 amide bonds. The average Bonchev–Trinajstić information content (AvgIpc) is 2.98. The van der Waals surface area contributed by atoms with Gasteiger partial charge in [-0.05, 0) is 45.1 Å². The Balaban J connectivity index is 0.00000243. The maximum absolute atomic E-state index is 9.61. The number of aliphatic hydroxyl groups excluding tert-OH is 2. The molecule has 0 atom stereocenters. The highest BCUT2D eigenvalue weighted by Gasteiger charge is 2.21. The predicted octanol–water partition coefficient (Wildman–Crippen LogP) is 2.59. The number of aliphatic hydroxyl groups is 2. The van der Waals surface area contributed by atoms with Crippen molar-refractivity contribution < 1.29 is 14.7 Å². The van der Waals surface area contributed by atoms with E-state index in [-0.39, 0.29) is 26.2 Å². The third-order valence-corrected chi connectivity index (χ3v) is 4.43. The second-order valence-electron chi connectivity index (χ2n) is 6.38. The Morgan fingerprint density at radius 2 is 2.04 bits per heavy atom. The van der Waals surface area contributed by atoms with E-state index in [4.69, 9.17) is 9.63 Å². The molecular weight excluding hydrogens is 334 g/mol. The minimum absolute atomic E-state index is 0. The van der Waals surface area contributed by atoms with Gasteiger partial charge in [-0.1, -0.05) is 12.6 Å². The van der Waals surface area contributed by atoms with Crippen molar-refractivity contribution >= 4 is 11.8 Å². The summed E-state index contributed by atoms with van der Waals surface area (Å²) >= 11 is 0. The van der Waals surface area contributed by atoms with Gasteiger partial charge in [0.2, 0.25) is 5.95 Å². The molecular formula is C18H29N5O3. The lowest BCUT2D eigenvalue weighted by atomic mass is 9.93. The molecule has 2 heterocycles. The maximum atomic E-state index is 9.61. The van der Waals surface area contributed by atoms with Crippen LogP contribution in [0.1, 0.15) is 45.3 Å². The number of nitrogens with one attached hydrogen (secondary N) is 2. The molecule has 0 radical (unpaired) electrons. The molecule has 1 aliphatic carbocycles. The van der Waals surface area contributed by atoms with E-state index in [0.29, 0.717) is 30.5 Å². The van der Waals surface area contributed by atoms with E-state index in [0.717, 1.165) is 36.9 Å². The topological polar surface area (TPSA) is 116 Å². The number of aryl methyl sites for hydroxylation is 1. The molecule has 8 nitrogen and oxygen atoms in total. The Hall–Kier alpha value is -2.19. The summed E-state index contributed by atoms with van der Waals surface area (Å²) in [5, 5.41) is 29.1. The fraction of sp³-hybridized carbons (Fsp3) is 0.611. The fourth-order valence-corrected chi connectivity index (χ4v) is 3.05. The third-order valence-electron chi connectivity index (χ3n) is 4.43. The molecule has 0 saturated heterocycles. The van der Waals surface area contributed by atoms with Crippen LogP contribution >= 0.6 is 0 Å². The first kappa shape index (κ1) is 20.1. The van der Waals surface area contributed by atoms with Gasteiger partial charge in [-0.2, -0.15) is 0 Å². The lowest BCUT2D eigenvalue weighted by Gasteiger charge is -2.26. The number of anilines is 2. The predicted molar refractivity (Wildman–Crippen MR) is 101 cm³/mol. The van der Waals surface area contributed by atoms with Gasteiger partial charge in [0.1, 0.15) is 5.76 Å². The van der Waals surface area contributed by atoms with Gasteiger partial charge in [0.15, 0.2) is 5.82 Å². The molecule has 26 heavy (non-hydrogen) atoms. The van der Waals surface area contributed by atoms with Gasteiger partial charge in [-0.15, -0.1) is 0 Å². The van der Waals surface area contributed by atoms with E-state index in [1.807, 2.05) is 13.0 Å². The van der Waals surface area contributed by atoms with Crippen LogP contribution in [-0.2, 0) is 0 Å². The van der Waals surface area contributed by atoms with Crippen LogP contribution < -0.4 is 10.6 Å². The summed E-state index contributed by atoms with van der Waals surface area (Å²) in [5.41, 5.74) is 1.54. The summed E-state index contributed by atoms with van der Waals surface area (Å²) in [6.45, 7) is 2.57. The standard InChI is InChI=1S/C17H25N5O3.CH4/c1-11-15(16(22-25-11)18-8-2-10-23)14-7-9-19-17(21-14)20-12-3-5-13(24)6-4-12;/h7,9,12-13,23-24H,2-6,8,10H2,1H3,(H,18,22)(H,19,20,21);1H4. The maximum Gasteiger partial charge on any atom is 0.223 e. The Morgan fingerprint density at radius 1 is 1.27 bits per heavy atom. The monoisotopic (exact) mass is 363 g/mol. The summed E-state index contributed by atoms with van der Waals surface area (Å²) < 4.78 is 5.30. The van der Waals surface area contributed by atoms with Crippen molar-refractivity contribution in [2.45, 2.75) is 58.6 Å². The highest BCUT2D eigenvalue weighted by atomic mass is 16.5. The van der Waals surface area contributed by atoms with E-state index in [1.165, 1.54) is 0 Å². The number of nitrogens with zero attached hydrogens (tertiary/aromatic N) is 3. The Kier molecular flexibility index (Phi) is 7.35. The fourth-order valence-electron chi connectivity index (χ4n) is 3.05. The molecule has 2 aromatic heterocycles. The first-order valence-corrected chi connectivity index (χ1v) is 8.76. The molecule has 0 bridgehead atoms. The van der Waals surface area contributed by atoms with Crippen molar-refractivity contribution in [3.63, 3.8) is 0 Å². The van der Waals surface area contributed by atoms with Gasteiger partial charge in [-0.3, -0.25) is 0 Å². The summed E-state index contributed by atoms with van der Waals surface area (Å²) in [4.78, 5) is 8.91. The SMILES string of the molecule is C.Cc1onc(NCCCO)c1-c1ccnc(NC2CCC(O)CC2)n1. The quantitative estimate of drug-likeness (QED) is 0.555. The van der Waals surface area contributed by atoms with Crippen LogP contribution in [0.5, 0.6) is 0 Å². The molecule has 0 aromatic carbocycles. The summed E-state index contributed by atoms with van der Waals surface area (Å²) in [6.07, 6.45) is 5.60. The highest BCUT2D eigenvalue weighted by molar-refractivity contribution is 5.74. The lowest BCUT2D eigenvalue weighted by Crippen LogP contribution is -2.28. The lowest BCUT2D eigenvalue weighted by molar-refractivity contribution is 0.126. The number of aromatic nitrogens is 3. The van der Waals surface area contributed by atoms with Gasteiger partial charge in [0.25, 0.3) is 0 Å². The molecule has 1 fully saturated rings. The minimum Gasteiger partial charge on any atom is -0.396 e. The molecule has 3 rings (SSSR count). The first-order valence-electron chi connectivity index (χ1n) is 8.76. The van der Waals surface area contributed by atoms with E-state index in [9.17, 15) is 5.11 Å². The van der Waals surface area contributed by atoms with Crippen LogP contribution in [0.3, 0.4) is 0 Å². The Bertz CT molecular complexity index is 683. The van der Waals surface area contributed by atoms with Crippen LogP contribution in [0.25, 0.3) is 11.3 Å². The molecule has 1 saturated carbocycles. The van der Waals surface area contributed by atoms with Gasteiger partial charge >= 0.3 is 0 Å². The van der Waals surface area contributed by atoms with Gasteiger partial charge in [0.05, 0.1) is 17.4 Å². The van der Waals surface area contributed by atoms with Crippen molar-refractivity contribution in [1.29, 1.82) is 0 Å². The molecule has 4 N–H and O–H groups in total. The molecule has 0 aliphatic heterocycles. The largest absolute Gasteiger partial charge is 0.396 e. The molecule has 2 aromatic rings. The minimum atomic E-state index is -0.183. The Morgan fingerprint density at radius 3 is 2.77 bits per heavy atom. The van der Waals surface area contributed by atoms with Crippen molar-refractivity contribution in [2.75, 3.05) is 23.8 Å². The van der Waals surface area contributed by atoms with E-state index in [1.54, 1.807) is 6.20 Å². The van der Waals surface area contributed by atoms with Crippen LogP contribution in [0.2, 0.25) is 0 Å². The first-order chi connectivity index (χ1) is 12.2. The van der Waals surface area contributed by atoms with Crippen LogP contribution in [-0.4, -0.2) is 50.6 Å². The second-order valence-corrected chi connectivity index (χ2v) is 6.38. The van der Waals surface area contributed by atoms with Crippen molar-refractivity contribution in [2.24, 2.45) is 0 Å². The molecule has 0 spiro atoms. The number of hydrogen-bond acceptors (Lipinski definition) is 8. The van der Waals surface area contributed by atoms with E-state index >= 15 is 0 Å². The zero-order valence-electron chi connectivity index (χ0n) is 14.4. The summed E-state index contributed by atoms with van der Waals surface area (Å²) in [5.74, 6) is 1.87. The van der Waals surface area contributed by atoms with Crippen molar-refractivity contribution in [1.82, 2.24) is 15.1 Å². The molecule has 0 unspecified atom stereocenters. The van der Waals surface area contributed by atoms with E-state index in [2.05, 4.69) is 25.8 Å². The average molecular weight is 363 g/mol. The Labute approximate surface area is 154 Å². The van der Waals surface area contributed by atoms with Crippen molar-refractivity contribution in [3.8, 4) is 11.3 Å². The zero-order valence-corrected chi connectivity index (χ0v) is 14.4. The van der Waals surface area contributed by atoms with Crippen LogP contribution in [0, 0.1) is 6.92 Å². The van der Waals surface area contributed by atoms with Gasteiger partial charge < -0.3 is 25.4 Å². The normalized spacial score (nSPS) is 19.7. The van der Waals surface area contributed by atoms with Gasteiger partial charge in [0, 0.05) is 25.4 Å². The molecule has 1 aliphatic rings. The van der Waals surface area contributed by atoms with Crippen molar-refractivity contribution in [3.05, 3.63) is 18.0 Å². The summed E-state index contributed by atoms with van der Waals surface area (Å²) in [6, 6.07) is 2.11. The van der Waals surface area contributed by atoms with Crippen LogP contribution in [0.15, 0.2) is 16.8 Å². The second kappa shape index (κ2) is 9.49.